The number of hydrogen-bond donors (Lipinski definition) is 2. The van der Waals surface area contributed by atoms with Crippen LogP contribution in [0.4, 0.5) is 17.1 Å². The van der Waals surface area contributed by atoms with Crippen LogP contribution in [0.1, 0.15) is 0 Å². The Labute approximate surface area is 94.5 Å². The second kappa shape index (κ2) is 3.29. The minimum atomic E-state index is -0.910. The highest BCUT2D eigenvalue weighted by atomic mass is 35.5. The molecule has 1 aromatic carbocycles. The molecule has 5 nitrogen and oxygen atoms in total. The fourth-order valence-corrected chi connectivity index (χ4v) is 1.53. The van der Waals surface area contributed by atoms with Crippen molar-refractivity contribution in [2.24, 2.45) is 0 Å². The van der Waals surface area contributed by atoms with Crippen molar-refractivity contribution in [2.75, 3.05) is 11.1 Å². The van der Waals surface area contributed by atoms with Crippen molar-refractivity contribution in [2.45, 2.75) is 0 Å². The number of nitrogens with two attached hydrogens (primary N) is 1. The van der Waals surface area contributed by atoms with Gasteiger partial charge in [-0.25, -0.2) is 5.32 Å². The molecule has 0 aliphatic carbocycles. The number of carbonyl (C=O) groups is 2. The summed E-state index contributed by atoms with van der Waals surface area (Å²) in [5, 5.41) is 6.13. The molecule has 15 heavy (non-hydrogen) atoms. The number of carbonyl (C=O) groups excluding carboxylic acids is 2. The Kier molecular flexibility index (Phi) is 2.21. The number of rotatable bonds is 0. The van der Waals surface area contributed by atoms with Crippen LogP contribution in [0.3, 0.4) is 0 Å². The first-order valence-electron chi connectivity index (χ1n) is 3.85. The molecule has 0 aromatic heterocycles. The summed E-state index contributed by atoms with van der Waals surface area (Å²) < 4.78 is 0. The third-order valence-electron chi connectivity index (χ3n) is 1.88. The molecule has 1 aromatic rings. The Morgan fingerprint density at radius 3 is 2.67 bits per heavy atom. The second-order valence-electron chi connectivity index (χ2n) is 2.85. The normalized spacial score (nSPS) is 14.3. The Morgan fingerprint density at radius 1 is 1.33 bits per heavy atom. The molecule has 77 valence electrons. The molecule has 3 N–H and O–H groups in total. The van der Waals surface area contributed by atoms with Gasteiger partial charge >= 0.3 is 11.8 Å². The van der Waals surface area contributed by atoms with E-state index < -0.39 is 11.8 Å². The lowest BCUT2D eigenvalue weighted by Crippen LogP contribution is -2.33. The van der Waals surface area contributed by atoms with Crippen LogP contribution in [-0.2, 0) is 9.59 Å². The molecular formula is C8H4Cl2N3O2. The first-order valence-corrected chi connectivity index (χ1v) is 4.61. The zero-order valence-electron chi connectivity index (χ0n) is 7.17. The molecule has 0 spiro atoms. The number of nitrogens with one attached hydrogen (secondary N) is 1. The van der Waals surface area contributed by atoms with E-state index in [-0.39, 0.29) is 27.1 Å². The zero-order valence-corrected chi connectivity index (χ0v) is 8.69. The summed E-state index contributed by atoms with van der Waals surface area (Å²) in [7, 11) is 0. The predicted octanol–water partition coefficient (Wildman–Crippen LogP) is 1.29. The number of nitrogen functional groups attached to an aromatic ring is 1. The Morgan fingerprint density at radius 2 is 2.00 bits per heavy atom. The minimum absolute atomic E-state index is 0.0764. The Balaban J connectivity index is 2.63. The van der Waals surface area contributed by atoms with Crippen LogP contribution in [0.5, 0.6) is 0 Å². The van der Waals surface area contributed by atoms with Gasteiger partial charge in [0.25, 0.3) is 0 Å². The molecule has 1 aliphatic heterocycles. The van der Waals surface area contributed by atoms with Gasteiger partial charge in [0, 0.05) is 0 Å². The van der Waals surface area contributed by atoms with Gasteiger partial charge in [-0.1, -0.05) is 23.2 Å². The van der Waals surface area contributed by atoms with Gasteiger partial charge in [-0.2, -0.15) is 0 Å². The van der Waals surface area contributed by atoms with Crippen molar-refractivity contribution >= 4 is 52.1 Å². The van der Waals surface area contributed by atoms with Gasteiger partial charge in [0.2, 0.25) is 0 Å². The largest absolute Gasteiger partial charge is 0.396 e. The third kappa shape index (κ3) is 1.49. The van der Waals surface area contributed by atoms with E-state index in [1.165, 1.54) is 6.07 Å². The predicted molar refractivity (Wildman–Crippen MR) is 56.3 cm³/mol. The van der Waals surface area contributed by atoms with Gasteiger partial charge < -0.3 is 11.1 Å². The topological polar surface area (TPSA) is 86.3 Å². The average Bonchev–Trinajstić information content (AvgIpc) is 2.19. The lowest BCUT2D eigenvalue weighted by atomic mass is 10.2. The number of amides is 2. The van der Waals surface area contributed by atoms with E-state index in [4.69, 9.17) is 28.9 Å². The first kappa shape index (κ1) is 10.1. The standard InChI is InChI=1S/C8H4Cl2N3O2/c9-2-1-3-6(5(11)4(2)10)13-8(15)7(14)12-3/h1H,11H2,(H,12,14). The smallest absolute Gasteiger partial charge is 0.336 e. The summed E-state index contributed by atoms with van der Waals surface area (Å²) in [5.41, 5.74) is 6.11. The lowest BCUT2D eigenvalue weighted by Gasteiger charge is -2.18. The molecule has 2 rings (SSSR count). The van der Waals surface area contributed by atoms with Crippen LogP contribution in [-0.4, -0.2) is 11.8 Å². The van der Waals surface area contributed by atoms with Gasteiger partial charge in [-0.05, 0) is 6.07 Å². The van der Waals surface area contributed by atoms with Crippen molar-refractivity contribution in [1.82, 2.24) is 5.32 Å². The van der Waals surface area contributed by atoms with E-state index in [9.17, 15) is 9.59 Å². The van der Waals surface area contributed by atoms with Gasteiger partial charge in [0.15, 0.2) is 0 Å². The van der Waals surface area contributed by atoms with E-state index >= 15 is 0 Å². The van der Waals surface area contributed by atoms with Crippen LogP contribution in [0.25, 0.3) is 0 Å². The third-order valence-corrected chi connectivity index (χ3v) is 2.69. The highest BCUT2D eigenvalue weighted by Crippen LogP contribution is 2.41. The maximum absolute atomic E-state index is 11.0. The summed E-state index contributed by atoms with van der Waals surface area (Å²) in [6.07, 6.45) is 0. The van der Waals surface area contributed by atoms with E-state index in [0.29, 0.717) is 0 Å². The summed E-state index contributed by atoms with van der Waals surface area (Å²) >= 11 is 11.5. The number of hydrogen-bond acceptors (Lipinski definition) is 3. The summed E-state index contributed by atoms with van der Waals surface area (Å²) in [6.45, 7) is 0. The maximum Gasteiger partial charge on any atom is 0.336 e. The van der Waals surface area contributed by atoms with Crippen molar-refractivity contribution in [3.63, 3.8) is 0 Å². The molecular weight excluding hydrogens is 241 g/mol. The quantitative estimate of drug-likeness (QED) is 0.533. The molecule has 2 amide bonds. The van der Waals surface area contributed by atoms with Crippen molar-refractivity contribution in [3.05, 3.63) is 16.1 Å². The van der Waals surface area contributed by atoms with Gasteiger partial charge in [0.1, 0.15) is 5.69 Å². The Bertz CT molecular complexity index is 487. The summed E-state index contributed by atoms with van der Waals surface area (Å²) in [6, 6.07) is 1.39. The van der Waals surface area contributed by atoms with Crippen LogP contribution in [0, 0.1) is 0 Å². The fourth-order valence-electron chi connectivity index (χ4n) is 1.18. The molecule has 0 bridgehead atoms. The fraction of sp³-hybridized carbons (Fsp3) is 0. The van der Waals surface area contributed by atoms with E-state index in [2.05, 4.69) is 10.6 Å². The van der Waals surface area contributed by atoms with Crippen LogP contribution in [0.15, 0.2) is 6.07 Å². The molecule has 0 saturated carbocycles. The SMILES string of the molecule is Nc1c(Cl)c(Cl)cc2c1[N]C(=O)C(=O)N2. The van der Waals surface area contributed by atoms with Gasteiger partial charge in [-0.15, -0.1) is 0 Å². The molecule has 1 heterocycles. The van der Waals surface area contributed by atoms with Gasteiger partial charge in [-0.3, -0.25) is 9.59 Å². The van der Waals surface area contributed by atoms with E-state index in [1.807, 2.05) is 0 Å². The highest BCUT2D eigenvalue weighted by molar-refractivity contribution is 6.47. The molecule has 7 heteroatoms. The van der Waals surface area contributed by atoms with Crippen LogP contribution < -0.4 is 16.4 Å². The summed E-state index contributed by atoms with van der Waals surface area (Å²) in [5.74, 6) is -1.73. The average molecular weight is 245 g/mol. The van der Waals surface area contributed by atoms with Gasteiger partial charge in [0.05, 0.1) is 21.4 Å². The minimum Gasteiger partial charge on any atom is -0.396 e. The lowest BCUT2D eigenvalue weighted by molar-refractivity contribution is -0.135. The molecule has 0 atom stereocenters. The number of fused-ring (bicyclic) bond motifs is 1. The molecule has 0 fully saturated rings. The number of benzene rings is 1. The number of halogens is 2. The van der Waals surface area contributed by atoms with Crippen molar-refractivity contribution in [1.29, 1.82) is 0 Å². The molecule has 1 aliphatic rings. The van der Waals surface area contributed by atoms with E-state index in [0.717, 1.165) is 0 Å². The maximum atomic E-state index is 11.0. The van der Waals surface area contributed by atoms with Crippen LogP contribution in [0.2, 0.25) is 10.0 Å². The van der Waals surface area contributed by atoms with Crippen molar-refractivity contribution < 1.29 is 9.59 Å². The van der Waals surface area contributed by atoms with E-state index in [1.54, 1.807) is 0 Å². The molecule has 1 radical (unpaired) electrons. The number of nitrogens with zero attached hydrogens (tertiary/aromatic N) is 1. The zero-order chi connectivity index (χ0) is 11.2. The van der Waals surface area contributed by atoms with Crippen LogP contribution >= 0.6 is 23.2 Å². The van der Waals surface area contributed by atoms with Crippen molar-refractivity contribution in [3.8, 4) is 0 Å². The monoisotopic (exact) mass is 244 g/mol. The second-order valence-corrected chi connectivity index (χ2v) is 3.64. The molecule has 0 unspecified atom stereocenters. The first-order chi connectivity index (χ1) is 7.00. The molecule has 0 saturated heterocycles. The Hall–Kier alpha value is -1.46. The summed E-state index contributed by atoms with van der Waals surface area (Å²) in [4.78, 5) is 22.0. The number of anilines is 2. The highest BCUT2D eigenvalue weighted by Gasteiger charge is 2.28.